The number of hydrogen-bond donors (Lipinski definition) is 0. The summed E-state index contributed by atoms with van der Waals surface area (Å²) in [7, 11) is 3.11. The van der Waals surface area contributed by atoms with Crippen molar-refractivity contribution in [2.24, 2.45) is 0 Å². The highest BCUT2D eigenvalue weighted by molar-refractivity contribution is 7.23. The number of fused-ring (bicyclic) bond motifs is 3. The molecule has 0 aliphatic rings. The highest BCUT2D eigenvalue weighted by atomic mass is 32.1. The van der Waals surface area contributed by atoms with E-state index < -0.39 is 12.1 Å². The summed E-state index contributed by atoms with van der Waals surface area (Å²) in [6.45, 7) is 0.670. The lowest BCUT2D eigenvalue weighted by atomic mass is 10.0. The smallest absolute Gasteiger partial charge is 0.493 e. The normalized spacial score (nSPS) is 11.9. The predicted molar refractivity (Wildman–Crippen MR) is 148 cm³/mol. The van der Waals surface area contributed by atoms with E-state index in [0.29, 0.717) is 52.0 Å². The third-order valence-corrected chi connectivity index (χ3v) is 6.97. The van der Waals surface area contributed by atoms with Crippen molar-refractivity contribution in [3.05, 3.63) is 88.3 Å². The van der Waals surface area contributed by atoms with Crippen LogP contribution in [0.15, 0.2) is 71.5 Å². The second kappa shape index (κ2) is 11.4. The number of halogens is 3. The molecule has 0 N–H and O–H groups in total. The maximum Gasteiger partial charge on any atom is 0.573 e. The zero-order valence-corrected chi connectivity index (χ0v) is 22.2. The molecule has 0 saturated heterocycles. The lowest BCUT2D eigenvalue weighted by Gasteiger charge is -2.13. The summed E-state index contributed by atoms with van der Waals surface area (Å²) < 4.78 is 60.9. The zero-order chi connectivity index (χ0) is 28.3. The van der Waals surface area contributed by atoms with Gasteiger partial charge in [0, 0.05) is 12.7 Å². The quantitative estimate of drug-likeness (QED) is 0.185. The lowest BCUT2D eigenvalue weighted by molar-refractivity contribution is -0.274. The number of alkyl halides is 3. The van der Waals surface area contributed by atoms with Gasteiger partial charge < -0.3 is 18.9 Å². The van der Waals surface area contributed by atoms with Crippen molar-refractivity contribution in [3.63, 3.8) is 0 Å². The van der Waals surface area contributed by atoms with E-state index in [1.165, 1.54) is 47.1 Å². The van der Waals surface area contributed by atoms with E-state index in [1.807, 2.05) is 30.3 Å². The number of rotatable bonds is 9. The zero-order valence-electron chi connectivity index (χ0n) is 21.4. The molecule has 206 valence electrons. The van der Waals surface area contributed by atoms with E-state index in [-0.39, 0.29) is 11.1 Å². The Labute approximate surface area is 230 Å². The van der Waals surface area contributed by atoms with E-state index in [9.17, 15) is 18.0 Å². The summed E-state index contributed by atoms with van der Waals surface area (Å²) in [6, 6.07) is 18.0. The van der Waals surface area contributed by atoms with Gasteiger partial charge in [0.1, 0.15) is 12.4 Å². The number of nitrogens with zero attached hydrogens (tertiary/aromatic N) is 2. The van der Waals surface area contributed by atoms with Crippen molar-refractivity contribution in [1.82, 2.24) is 9.38 Å². The Kier molecular flexibility index (Phi) is 7.76. The maximum absolute atomic E-state index is 13.9. The molecule has 40 heavy (non-hydrogen) atoms. The van der Waals surface area contributed by atoms with Crippen LogP contribution in [0.2, 0.25) is 0 Å². The Hall–Kier alpha value is -4.35. The van der Waals surface area contributed by atoms with Gasteiger partial charge in [0.2, 0.25) is 0 Å². The van der Waals surface area contributed by atoms with Gasteiger partial charge in [-0.3, -0.25) is 9.20 Å². The first-order valence-corrected chi connectivity index (χ1v) is 12.9. The van der Waals surface area contributed by atoms with Crippen LogP contribution < -0.4 is 19.8 Å². The van der Waals surface area contributed by atoms with Crippen LogP contribution in [0.1, 0.15) is 11.3 Å². The fourth-order valence-corrected chi connectivity index (χ4v) is 5.24. The van der Waals surface area contributed by atoms with Gasteiger partial charge in [0.15, 0.2) is 16.5 Å². The van der Waals surface area contributed by atoms with Crippen molar-refractivity contribution in [2.75, 3.05) is 27.4 Å². The largest absolute Gasteiger partial charge is 0.573 e. The molecule has 0 fully saturated rings. The Morgan fingerprint density at radius 1 is 0.950 bits per heavy atom. The van der Waals surface area contributed by atoms with Crippen molar-refractivity contribution < 1.29 is 32.1 Å². The molecular weight excluding hydrogens is 545 g/mol. The standard InChI is InChI=1S/C29H23F3N2O5S/c1-36-16-17-38-26-19(6-5-8-23(26)37-2)12-15-21-25(18-10-13-20(14-11-18)39-29(30,31)32)27(35)34-22-7-3-4-9-24(22)40-28(34)33-21/h3-15H,16-17H2,1-2H3/b15-12+. The summed E-state index contributed by atoms with van der Waals surface area (Å²) >= 11 is 1.36. The summed E-state index contributed by atoms with van der Waals surface area (Å²) in [4.78, 5) is 19.2. The molecule has 2 heterocycles. The van der Waals surface area contributed by atoms with E-state index in [1.54, 1.807) is 31.4 Å². The van der Waals surface area contributed by atoms with Gasteiger partial charge in [-0.2, -0.15) is 0 Å². The van der Waals surface area contributed by atoms with Gasteiger partial charge in [0.25, 0.3) is 5.56 Å². The Bertz CT molecular complexity index is 1740. The fraction of sp³-hybridized carbons (Fsp3) is 0.172. The number of hydrogen-bond acceptors (Lipinski definition) is 7. The minimum Gasteiger partial charge on any atom is -0.493 e. The van der Waals surface area contributed by atoms with Crippen LogP contribution in [0.4, 0.5) is 13.2 Å². The first-order chi connectivity index (χ1) is 19.3. The van der Waals surface area contributed by atoms with Gasteiger partial charge in [-0.25, -0.2) is 4.98 Å². The van der Waals surface area contributed by atoms with Crippen LogP contribution in [-0.4, -0.2) is 43.2 Å². The van der Waals surface area contributed by atoms with E-state index in [0.717, 1.165) is 4.70 Å². The molecular formula is C29H23F3N2O5S. The number of thiazole rings is 1. The average Bonchev–Trinajstić information content (AvgIpc) is 3.31. The molecule has 11 heteroatoms. The molecule has 0 atom stereocenters. The minimum atomic E-state index is -4.83. The van der Waals surface area contributed by atoms with Crippen LogP contribution in [0.25, 0.3) is 38.5 Å². The summed E-state index contributed by atoms with van der Waals surface area (Å²) in [5.74, 6) is 0.623. The van der Waals surface area contributed by atoms with Crippen molar-refractivity contribution in [1.29, 1.82) is 0 Å². The molecule has 3 aromatic carbocycles. The average molecular weight is 569 g/mol. The minimum absolute atomic E-state index is 0.223. The molecule has 2 aromatic heterocycles. The maximum atomic E-state index is 13.9. The monoisotopic (exact) mass is 568 g/mol. The molecule has 0 bridgehead atoms. The van der Waals surface area contributed by atoms with Crippen LogP contribution >= 0.6 is 11.3 Å². The molecule has 0 spiro atoms. The number of methoxy groups -OCH3 is 2. The summed E-state index contributed by atoms with van der Waals surface area (Å²) in [6.07, 6.45) is -1.40. The molecule has 5 aromatic rings. The van der Waals surface area contributed by atoms with Crippen LogP contribution in [0, 0.1) is 0 Å². The van der Waals surface area contributed by atoms with E-state index in [2.05, 4.69) is 4.74 Å². The SMILES string of the molecule is COCCOc1c(/C=C/c2nc3sc4ccccc4n3c(=O)c2-c2ccc(OC(F)(F)F)cc2)cccc1OC. The van der Waals surface area contributed by atoms with Crippen molar-refractivity contribution >= 4 is 38.7 Å². The Balaban J connectivity index is 1.66. The third-order valence-electron chi connectivity index (χ3n) is 5.95. The van der Waals surface area contributed by atoms with Crippen LogP contribution in [0.5, 0.6) is 17.2 Å². The Morgan fingerprint density at radius 2 is 1.73 bits per heavy atom. The van der Waals surface area contributed by atoms with Crippen LogP contribution in [-0.2, 0) is 4.74 Å². The third kappa shape index (κ3) is 5.65. The highest BCUT2D eigenvalue weighted by Crippen LogP contribution is 2.34. The second-order valence-electron chi connectivity index (χ2n) is 8.49. The number of para-hydroxylation sites is 2. The molecule has 7 nitrogen and oxygen atoms in total. The molecule has 0 aliphatic carbocycles. The second-order valence-corrected chi connectivity index (χ2v) is 9.50. The van der Waals surface area contributed by atoms with Gasteiger partial charge >= 0.3 is 6.36 Å². The first kappa shape index (κ1) is 27.2. The fourth-order valence-electron chi connectivity index (χ4n) is 4.21. The summed E-state index contributed by atoms with van der Waals surface area (Å²) in [5.41, 5.74) is 1.96. The topological polar surface area (TPSA) is 71.3 Å². The molecule has 0 amide bonds. The van der Waals surface area contributed by atoms with Gasteiger partial charge in [-0.1, -0.05) is 47.7 Å². The van der Waals surface area contributed by atoms with E-state index >= 15 is 0 Å². The number of benzene rings is 3. The lowest BCUT2D eigenvalue weighted by Crippen LogP contribution is -2.18. The first-order valence-electron chi connectivity index (χ1n) is 12.1. The van der Waals surface area contributed by atoms with Gasteiger partial charge in [-0.05, 0) is 48.0 Å². The Morgan fingerprint density at radius 3 is 2.45 bits per heavy atom. The van der Waals surface area contributed by atoms with E-state index in [4.69, 9.17) is 19.2 Å². The van der Waals surface area contributed by atoms with Crippen molar-refractivity contribution in [3.8, 4) is 28.4 Å². The predicted octanol–water partition coefficient (Wildman–Crippen LogP) is 6.68. The molecule has 0 saturated carbocycles. The highest BCUT2D eigenvalue weighted by Gasteiger charge is 2.31. The van der Waals surface area contributed by atoms with Crippen molar-refractivity contribution in [2.45, 2.75) is 6.36 Å². The number of ether oxygens (including phenoxy) is 4. The molecule has 0 aliphatic heterocycles. The van der Waals surface area contributed by atoms with Crippen LogP contribution in [0.3, 0.4) is 0 Å². The molecule has 5 rings (SSSR count). The molecule has 0 radical (unpaired) electrons. The van der Waals surface area contributed by atoms with Gasteiger partial charge in [0.05, 0.1) is 35.2 Å². The molecule has 0 unspecified atom stereocenters. The number of aromatic nitrogens is 2. The summed E-state index contributed by atoms with van der Waals surface area (Å²) in [5, 5.41) is 0. The van der Waals surface area contributed by atoms with Gasteiger partial charge in [-0.15, -0.1) is 13.2 Å².